The second-order valence-electron chi connectivity index (χ2n) is 9.17. The van der Waals surface area contributed by atoms with Crippen LogP contribution in [0.2, 0.25) is 0 Å². The fourth-order valence-corrected chi connectivity index (χ4v) is 3.35. The average Bonchev–Trinajstić information content (AvgIpc) is 2.97. The number of aryl methyl sites for hydroxylation is 2. The molecule has 304 valence electrons. The minimum Gasteiger partial charge on any atom is -0.662 e. The first-order valence-electron chi connectivity index (χ1n) is 12.2. The van der Waals surface area contributed by atoms with Crippen molar-refractivity contribution < 1.29 is 133 Å². The van der Waals surface area contributed by atoms with Crippen LogP contribution in [0.1, 0.15) is 24.1 Å². The molecule has 2 aromatic carbocycles. The Bertz CT molecular complexity index is 1410. The van der Waals surface area contributed by atoms with Gasteiger partial charge in [-0.15, -0.1) is 0 Å². The number of nitrogen functional groups attached to an aromatic ring is 2. The van der Waals surface area contributed by atoms with Gasteiger partial charge in [-0.2, -0.15) is 70.2 Å². The van der Waals surface area contributed by atoms with Crippen LogP contribution >= 0.6 is 22.6 Å². The SMILES string of the molecule is C.COc1cc(C(F)(C(F)(F)F)C(F)(F)C(F)(F)F)cc(C)c1N.COc1cccc(C)c1N.FC(F)(F)C(F)(F)C(F)(I)C(F)(F)F.O=CO[O-].[Na+]. The van der Waals surface area contributed by atoms with E-state index in [4.69, 9.17) is 26.3 Å². The van der Waals surface area contributed by atoms with Gasteiger partial charge in [0.25, 0.3) is 6.47 Å². The van der Waals surface area contributed by atoms with Crippen molar-refractivity contribution in [2.24, 2.45) is 0 Å². The number of para-hydroxylation sites is 1. The number of hydrogen-bond acceptors (Lipinski definition) is 7. The number of carbonyl (C=O) groups is 1. The number of hydrogen-bond donors (Lipinski definition) is 2. The van der Waals surface area contributed by atoms with Gasteiger partial charge in [0.05, 0.1) is 25.6 Å². The second kappa shape index (κ2) is 20.5. The summed E-state index contributed by atoms with van der Waals surface area (Å²) < 4.78 is 225. The Kier molecular flexibility index (Phi) is 22.1. The van der Waals surface area contributed by atoms with Crippen LogP contribution < -0.4 is 55.8 Å². The number of anilines is 2. The van der Waals surface area contributed by atoms with Crippen LogP contribution in [0.25, 0.3) is 0 Å². The number of rotatable bonds is 6. The Labute approximate surface area is 323 Å². The summed E-state index contributed by atoms with van der Waals surface area (Å²) in [6.45, 7) is 2.78. The number of halogens is 19. The van der Waals surface area contributed by atoms with Crippen molar-refractivity contribution in [3.05, 3.63) is 47.0 Å². The van der Waals surface area contributed by atoms with Gasteiger partial charge in [-0.05, 0) is 65.8 Å². The summed E-state index contributed by atoms with van der Waals surface area (Å²) in [4.78, 5) is 11.2. The molecule has 2 unspecified atom stereocenters. The molecule has 0 fully saturated rings. The zero-order valence-electron chi connectivity index (χ0n) is 26.3. The largest absolute Gasteiger partial charge is 1.00 e. The minimum atomic E-state index is -6.78. The first kappa shape index (κ1) is 57.3. The number of nitrogens with two attached hydrogens (primary N) is 2. The van der Waals surface area contributed by atoms with E-state index < -0.39 is 79.8 Å². The summed E-state index contributed by atoms with van der Waals surface area (Å²) in [7, 11) is 2.50. The zero-order chi connectivity index (χ0) is 41.4. The molecule has 0 radical (unpaired) electrons. The van der Waals surface area contributed by atoms with Crippen molar-refractivity contribution in [3.63, 3.8) is 0 Å². The fraction of sp³-hybridized carbons (Fsp3) is 0.500. The van der Waals surface area contributed by atoms with Gasteiger partial charge in [0.1, 0.15) is 11.5 Å². The number of alkyl halides is 19. The van der Waals surface area contributed by atoms with Gasteiger partial charge in [-0.25, -0.2) is 8.78 Å². The maximum atomic E-state index is 14.2. The molecule has 0 aliphatic carbocycles. The standard InChI is InChI=1S/C12H10F9NO.C8H11NO.C4F9I.CH2O3.CH4.Na/c1-5-3-6(4-7(23-2)8(5)22)9(13,11(16,17)18)10(14,15)12(19,20)21;1-6-4-3-5-7(10-2)8(6)9;5-1(6,3(8,9)10)2(7,14)4(11,12)13;2-1-4-3;;/h3-4H,22H2,1-2H3;3-5H,9H2,1-2H3;;1,3H;1H4;/q;;;;;+1/p-1. The van der Waals surface area contributed by atoms with Gasteiger partial charge in [-0.3, -0.25) is 4.79 Å². The summed E-state index contributed by atoms with van der Waals surface area (Å²) in [6.07, 6.45) is -26.2. The summed E-state index contributed by atoms with van der Waals surface area (Å²) >= 11 is -0.611. The molecule has 0 aliphatic rings. The van der Waals surface area contributed by atoms with Crippen molar-refractivity contribution in [2.75, 3.05) is 25.7 Å². The van der Waals surface area contributed by atoms with E-state index in [1.165, 1.54) is 0 Å². The smallest absolute Gasteiger partial charge is 0.662 e. The Hall–Kier alpha value is -2.46. The van der Waals surface area contributed by atoms with Gasteiger partial charge >= 0.3 is 75.5 Å². The molecule has 0 saturated carbocycles. The number of ether oxygens (including phenoxy) is 2. The first-order chi connectivity index (χ1) is 22.5. The number of benzene rings is 2. The molecule has 0 heterocycles. The monoisotopic (exact) mass is 938 g/mol. The predicted molar refractivity (Wildman–Crippen MR) is 153 cm³/mol. The van der Waals surface area contributed by atoms with Crippen LogP contribution in [0.4, 0.5) is 90.4 Å². The summed E-state index contributed by atoms with van der Waals surface area (Å²) in [6, 6.07) is 5.96. The second-order valence-corrected chi connectivity index (χ2v) is 10.7. The Morgan fingerprint density at radius 1 is 0.642 bits per heavy atom. The molecule has 4 N–H and O–H groups in total. The molecular weight excluding hydrogens is 912 g/mol. The molecule has 27 heteroatoms. The quantitative estimate of drug-likeness (QED) is 0.0532. The molecule has 0 bridgehead atoms. The van der Waals surface area contributed by atoms with Crippen molar-refractivity contribution in [2.45, 2.75) is 67.2 Å². The fourth-order valence-electron chi connectivity index (χ4n) is 3.04. The van der Waals surface area contributed by atoms with E-state index in [1.807, 2.05) is 25.1 Å². The number of carbonyl (C=O) groups excluding carboxylic acids is 1. The van der Waals surface area contributed by atoms with E-state index in [9.17, 15) is 79.0 Å². The van der Waals surface area contributed by atoms with Crippen LogP contribution in [0.5, 0.6) is 11.5 Å². The maximum absolute atomic E-state index is 14.2. The average molecular weight is 938 g/mol. The molecule has 7 nitrogen and oxygen atoms in total. The van der Waals surface area contributed by atoms with Gasteiger partial charge in [0.15, 0.2) is 0 Å². The van der Waals surface area contributed by atoms with E-state index in [0.29, 0.717) is 0 Å². The van der Waals surface area contributed by atoms with Gasteiger partial charge < -0.3 is 31.1 Å². The van der Waals surface area contributed by atoms with Gasteiger partial charge in [0, 0.05) is 5.56 Å². The molecule has 0 amide bonds. The summed E-state index contributed by atoms with van der Waals surface area (Å²) in [5.74, 6) is -13.1. The third kappa shape index (κ3) is 13.1. The molecule has 0 aliphatic heterocycles. The number of methoxy groups -OCH3 is 2. The summed E-state index contributed by atoms with van der Waals surface area (Å²) in [5, 5.41) is 8.43. The van der Waals surface area contributed by atoms with Crippen molar-refractivity contribution in [3.8, 4) is 11.5 Å². The minimum absolute atomic E-state index is 0. The Morgan fingerprint density at radius 3 is 1.28 bits per heavy atom. The third-order valence-electron chi connectivity index (χ3n) is 5.80. The van der Waals surface area contributed by atoms with Crippen molar-refractivity contribution in [1.29, 1.82) is 0 Å². The molecule has 53 heavy (non-hydrogen) atoms. The van der Waals surface area contributed by atoms with Gasteiger partial charge in [-0.1, -0.05) is 19.6 Å². The maximum Gasteiger partial charge on any atom is 1.00 e. The van der Waals surface area contributed by atoms with Crippen molar-refractivity contribution in [1.82, 2.24) is 0 Å². The molecule has 0 aromatic heterocycles. The van der Waals surface area contributed by atoms with Crippen LogP contribution in [0.15, 0.2) is 30.3 Å². The van der Waals surface area contributed by atoms with Crippen LogP contribution in [-0.4, -0.2) is 60.9 Å². The van der Waals surface area contributed by atoms with Crippen molar-refractivity contribution >= 4 is 40.4 Å². The Balaban J connectivity index is -0.000000341. The molecular formula is C26H26F18IN2NaO5. The molecule has 0 saturated heterocycles. The van der Waals surface area contributed by atoms with E-state index in [-0.39, 0.29) is 66.8 Å². The third-order valence-corrected chi connectivity index (χ3v) is 7.08. The first-order valence-corrected chi connectivity index (χ1v) is 13.3. The normalized spacial score (nSPS) is 14.3. The van der Waals surface area contributed by atoms with Crippen LogP contribution in [0, 0.1) is 13.8 Å². The van der Waals surface area contributed by atoms with E-state index >= 15 is 0 Å². The molecule has 2 atom stereocenters. The summed E-state index contributed by atoms with van der Waals surface area (Å²) in [5.41, 5.74) is 4.17. The van der Waals surface area contributed by atoms with E-state index in [0.717, 1.165) is 31.0 Å². The van der Waals surface area contributed by atoms with E-state index in [1.54, 1.807) is 7.11 Å². The topological polar surface area (TPSA) is 120 Å². The molecule has 2 aromatic rings. The van der Waals surface area contributed by atoms with Crippen LogP contribution in [-0.2, 0) is 15.4 Å². The zero-order valence-corrected chi connectivity index (χ0v) is 30.5. The predicted octanol–water partition coefficient (Wildman–Crippen LogP) is 6.02. The van der Waals surface area contributed by atoms with Crippen LogP contribution in [0.3, 0.4) is 0 Å². The molecule has 0 spiro atoms. The molecule has 2 rings (SSSR count). The Morgan fingerprint density at radius 2 is 1.02 bits per heavy atom. The van der Waals surface area contributed by atoms with Gasteiger partial charge in [0.2, 0.25) is 0 Å². The van der Waals surface area contributed by atoms with E-state index in [2.05, 4.69) is 9.62 Å².